The zero-order valence-electron chi connectivity index (χ0n) is 23.7. The van der Waals surface area contributed by atoms with Crippen molar-refractivity contribution in [3.8, 4) is 11.8 Å². The number of carbonyl (C=O) groups is 1. The third-order valence-electron chi connectivity index (χ3n) is 8.34. The molecule has 2 amide bonds. The van der Waals surface area contributed by atoms with Gasteiger partial charge in [-0.2, -0.15) is 0 Å². The van der Waals surface area contributed by atoms with Crippen LogP contribution in [0.5, 0.6) is 0 Å². The predicted octanol–water partition coefficient (Wildman–Crippen LogP) is 5.52. The number of carbonyl (C=O) groups excluding carboxylic acids is 1. The van der Waals surface area contributed by atoms with Crippen LogP contribution in [0.25, 0.3) is 0 Å². The predicted molar refractivity (Wildman–Crippen MR) is 153 cm³/mol. The molecule has 1 aliphatic heterocycles. The topological polar surface area (TPSA) is 62.8 Å². The zero-order chi connectivity index (χ0) is 26.6. The van der Waals surface area contributed by atoms with E-state index in [0.717, 1.165) is 55.8 Å². The summed E-state index contributed by atoms with van der Waals surface area (Å²) in [6, 6.07) is 8.70. The van der Waals surface area contributed by atoms with Crippen molar-refractivity contribution in [2.45, 2.75) is 82.8 Å². The summed E-state index contributed by atoms with van der Waals surface area (Å²) in [6.07, 6.45) is 12.9. The van der Waals surface area contributed by atoms with Crippen molar-refractivity contribution in [1.29, 1.82) is 0 Å². The molecule has 0 unspecified atom stereocenters. The first-order chi connectivity index (χ1) is 18.7. The highest BCUT2D eigenvalue weighted by molar-refractivity contribution is 5.74. The molecule has 3 fully saturated rings. The Morgan fingerprint density at radius 1 is 1.08 bits per heavy atom. The summed E-state index contributed by atoms with van der Waals surface area (Å²) in [6.45, 7) is 3.65. The number of ether oxygens (including phenoxy) is 2. The van der Waals surface area contributed by atoms with Crippen LogP contribution in [0, 0.1) is 29.6 Å². The molecular formula is C32H49N3O3. The molecular weight excluding hydrogens is 474 g/mol. The van der Waals surface area contributed by atoms with Gasteiger partial charge < -0.3 is 25.0 Å². The number of urea groups is 1. The van der Waals surface area contributed by atoms with Crippen LogP contribution in [0.4, 0.5) is 4.79 Å². The van der Waals surface area contributed by atoms with Gasteiger partial charge in [0.05, 0.1) is 6.10 Å². The quantitative estimate of drug-likeness (QED) is 0.280. The molecule has 6 nitrogen and oxygen atoms in total. The van der Waals surface area contributed by atoms with Crippen molar-refractivity contribution < 1.29 is 14.3 Å². The summed E-state index contributed by atoms with van der Waals surface area (Å²) < 4.78 is 11.8. The number of likely N-dealkylation sites (tertiary alicyclic amines) is 1. The van der Waals surface area contributed by atoms with Crippen LogP contribution in [0.2, 0.25) is 0 Å². The fourth-order valence-corrected chi connectivity index (χ4v) is 6.13. The summed E-state index contributed by atoms with van der Waals surface area (Å²) in [4.78, 5) is 15.5. The van der Waals surface area contributed by atoms with Crippen molar-refractivity contribution in [3.63, 3.8) is 0 Å². The lowest BCUT2D eigenvalue weighted by Gasteiger charge is -2.38. The molecule has 0 bridgehead atoms. The van der Waals surface area contributed by atoms with Gasteiger partial charge in [0.15, 0.2) is 0 Å². The minimum atomic E-state index is -0.0810. The monoisotopic (exact) mass is 523 g/mol. The number of nitrogens with one attached hydrogen (secondary N) is 2. The minimum absolute atomic E-state index is 0.0747. The highest BCUT2D eigenvalue weighted by atomic mass is 16.5. The number of hydrogen-bond acceptors (Lipinski definition) is 4. The molecule has 210 valence electrons. The minimum Gasteiger partial charge on any atom is -0.385 e. The number of piperidine rings is 1. The van der Waals surface area contributed by atoms with Crippen LogP contribution in [0.15, 0.2) is 24.3 Å². The van der Waals surface area contributed by atoms with E-state index in [0.29, 0.717) is 25.7 Å². The van der Waals surface area contributed by atoms with Gasteiger partial charge in [0, 0.05) is 63.4 Å². The molecule has 0 aromatic heterocycles. The highest BCUT2D eigenvalue weighted by Gasteiger charge is 2.33. The fraction of sp³-hybridized carbons (Fsp3) is 0.719. The van der Waals surface area contributed by atoms with Crippen LogP contribution >= 0.6 is 0 Å². The third kappa shape index (κ3) is 9.00. The number of rotatable bonds is 12. The SMILES string of the molecule is CNC[C@H](CC1CCCCC1)NC(=O)N1CCC[C@@H]([C@@H](OCCCOC)c2ccccc2C#CC2CC2)C1. The average Bonchev–Trinajstić information content (AvgIpc) is 3.78. The van der Waals surface area contributed by atoms with E-state index in [1.54, 1.807) is 7.11 Å². The number of nitrogens with zero attached hydrogens (tertiary/aromatic N) is 1. The Morgan fingerprint density at radius 2 is 1.89 bits per heavy atom. The number of methoxy groups -OCH3 is 1. The van der Waals surface area contributed by atoms with Crippen LogP contribution in [-0.4, -0.2) is 64.0 Å². The largest absolute Gasteiger partial charge is 0.385 e. The highest BCUT2D eigenvalue weighted by Crippen LogP contribution is 2.35. The molecule has 2 saturated carbocycles. The Labute approximate surface area is 230 Å². The van der Waals surface area contributed by atoms with Gasteiger partial charge >= 0.3 is 6.03 Å². The van der Waals surface area contributed by atoms with Crippen molar-refractivity contribution >= 4 is 6.03 Å². The molecule has 1 heterocycles. The number of amides is 2. The molecule has 4 rings (SSSR count). The molecule has 2 N–H and O–H groups in total. The van der Waals surface area contributed by atoms with Crippen LogP contribution < -0.4 is 10.6 Å². The molecule has 2 aliphatic carbocycles. The van der Waals surface area contributed by atoms with Gasteiger partial charge in [0.25, 0.3) is 0 Å². The summed E-state index contributed by atoms with van der Waals surface area (Å²) in [7, 11) is 3.71. The first-order valence-electron chi connectivity index (χ1n) is 15.1. The Balaban J connectivity index is 1.43. The summed E-state index contributed by atoms with van der Waals surface area (Å²) in [5.41, 5.74) is 2.23. The maximum absolute atomic E-state index is 13.5. The lowest BCUT2D eigenvalue weighted by Crippen LogP contribution is -2.52. The average molecular weight is 524 g/mol. The van der Waals surface area contributed by atoms with Crippen LogP contribution in [0.1, 0.15) is 87.9 Å². The summed E-state index contributed by atoms with van der Waals surface area (Å²) in [5, 5.41) is 6.69. The summed E-state index contributed by atoms with van der Waals surface area (Å²) in [5.74, 6) is 8.41. The van der Waals surface area contributed by atoms with E-state index in [1.165, 1.54) is 44.9 Å². The molecule has 6 heteroatoms. The van der Waals surface area contributed by atoms with Crippen molar-refractivity contribution in [3.05, 3.63) is 35.4 Å². The van der Waals surface area contributed by atoms with Crippen molar-refractivity contribution in [1.82, 2.24) is 15.5 Å². The van der Waals surface area contributed by atoms with Crippen LogP contribution in [0.3, 0.4) is 0 Å². The Hall–Kier alpha value is -2.07. The normalized spacial score (nSPS) is 21.8. The molecule has 1 aromatic carbocycles. The maximum Gasteiger partial charge on any atom is 0.317 e. The maximum atomic E-state index is 13.5. The number of benzene rings is 1. The third-order valence-corrected chi connectivity index (χ3v) is 8.34. The van der Waals surface area contributed by atoms with Gasteiger partial charge in [-0.1, -0.05) is 62.1 Å². The Morgan fingerprint density at radius 3 is 2.66 bits per heavy atom. The van der Waals surface area contributed by atoms with E-state index < -0.39 is 0 Å². The number of hydrogen-bond donors (Lipinski definition) is 2. The second kappa shape index (κ2) is 15.5. The molecule has 3 aliphatic rings. The van der Waals surface area contributed by atoms with Crippen LogP contribution in [-0.2, 0) is 9.47 Å². The van der Waals surface area contributed by atoms with Gasteiger partial charge in [-0.05, 0) is 63.1 Å². The van der Waals surface area contributed by atoms with Gasteiger partial charge in [-0.3, -0.25) is 0 Å². The lowest BCUT2D eigenvalue weighted by molar-refractivity contribution is -0.0169. The van der Waals surface area contributed by atoms with E-state index >= 15 is 0 Å². The molecule has 1 aromatic rings. The summed E-state index contributed by atoms with van der Waals surface area (Å²) >= 11 is 0. The second-order valence-electron chi connectivity index (χ2n) is 11.6. The molecule has 0 spiro atoms. The van der Waals surface area contributed by atoms with E-state index in [2.05, 4.69) is 46.7 Å². The molecule has 0 radical (unpaired) electrons. The van der Waals surface area contributed by atoms with Crippen molar-refractivity contribution in [2.75, 3.05) is 47.0 Å². The first-order valence-corrected chi connectivity index (χ1v) is 15.1. The van der Waals surface area contributed by atoms with Gasteiger partial charge in [0.1, 0.15) is 0 Å². The molecule has 1 saturated heterocycles. The Kier molecular flexibility index (Phi) is 11.8. The fourth-order valence-electron chi connectivity index (χ4n) is 6.13. The smallest absolute Gasteiger partial charge is 0.317 e. The van der Waals surface area contributed by atoms with E-state index in [-0.39, 0.29) is 24.1 Å². The Bertz CT molecular complexity index is 916. The van der Waals surface area contributed by atoms with E-state index in [9.17, 15) is 4.79 Å². The molecule has 38 heavy (non-hydrogen) atoms. The zero-order valence-corrected chi connectivity index (χ0v) is 23.7. The van der Waals surface area contributed by atoms with E-state index in [1.807, 2.05) is 11.9 Å². The number of likely N-dealkylation sites (N-methyl/N-ethyl adjacent to an activating group) is 1. The van der Waals surface area contributed by atoms with Gasteiger partial charge in [-0.15, -0.1) is 0 Å². The van der Waals surface area contributed by atoms with E-state index in [4.69, 9.17) is 9.47 Å². The van der Waals surface area contributed by atoms with Gasteiger partial charge in [0.2, 0.25) is 0 Å². The molecule has 3 atom stereocenters. The standard InChI is InChI=1S/C32H49N3O3/c1-33-23-29(22-26-10-4-3-5-11-26)34-32(36)35-19-8-13-28(24-35)31(38-21-9-20-37-2)30-14-7-6-12-27(30)18-17-25-15-16-25/h6-7,12,14,25-26,28-29,31,33H,3-5,8-11,13,15-16,19-24H2,1-2H3,(H,34,36)/t28-,29+,31-/m1/s1. The van der Waals surface area contributed by atoms with Gasteiger partial charge in [-0.25, -0.2) is 4.79 Å². The first kappa shape index (κ1) is 28.9. The van der Waals surface area contributed by atoms with Crippen molar-refractivity contribution in [2.24, 2.45) is 17.8 Å². The lowest BCUT2D eigenvalue weighted by atomic mass is 9.84. The second-order valence-corrected chi connectivity index (χ2v) is 11.6.